The summed E-state index contributed by atoms with van der Waals surface area (Å²) in [4.78, 5) is 29.7. The van der Waals surface area contributed by atoms with E-state index in [9.17, 15) is 9.59 Å². The van der Waals surface area contributed by atoms with Gasteiger partial charge in [-0.1, -0.05) is 32.5 Å². The zero-order valence-corrected chi connectivity index (χ0v) is 25.6. The number of fused-ring (bicyclic) bond motifs is 5. The second-order valence-corrected chi connectivity index (χ2v) is 19.1. The Labute approximate surface area is 230 Å². The first-order valence-corrected chi connectivity index (χ1v) is 18.2. The molecule has 4 aliphatic rings. The van der Waals surface area contributed by atoms with Gasteiger partial charge in [-0.25, -0.2) is 4.79 Å². The lowest BCUT2D eigenvalue weighted by Crippen LogP contribution is -2.50. The van der Waals surface area contributed by atoms with Crippen LogP contribution in [0.2, 0.25) is 19.6 Å². The number of Topliss-reactive ketones (excluding diaryl/α,β-unsaturated/α-hetero) is 1. The van der Waals surface area contributed by atoms with Crippen LogP contribution in [0.3, 0.4) is 0 Å². The summed E-state index contributed by atoms with van der Waals surface area (Å²) in [6.45, 7) is 17.8. The van der Waals surface area contributed by atoms with Crippen molar-refractivity contribution < 1.29 is 14.3 Å². The topological polar surface area (TPSA) is 49.9 Å². The van der Waals surface area contributed by atoms with Crippen LogP contribution in [-0.2, 0) is 16.0 Å². The van der Waals surface area contributed by atoms with Crippen LogP contribution in [0, 0.1) is 28.7 Å². The van der Waals surface area contributed by atoms with E-state index in [1.165, 1.54) is 23.2 Å². The van der Waals surface area contributed by atoms with E-state index in [0.717, 1.165) is 50.8 Å². The van der Waals surface area contributed by atoms with E-state index in [2.05, 4.69) is 55.1 Å². The van der Waals surface area contributed by atoms with Gasteiger partial charge < -0.3 is 14.5 Å². The lowest BCUT2D eigenvalue weighted by Gasteiger charge is -2.48. The Kier molecular flexibility index (Phi) is 6.99. The molecule has 1 amide bonds. The largest absolute Gasteiger partial charge is 0.444 e. The summed E-state index contributed by atoms with van der Waals surface area (Å²) < 4.78 is 5.63. The normalized spacial score (nSPS) is 29.1. The summed E-state index contributed by atoms with van der Waals surface area (Å²) in [5, 5.41) is 0. The number of hydrogen-bond acceptors (Lipinski definition) is 4. The van der Waals surface area contributed by atoms with E-state index in [-0.39, 0.29) is 11.5 Å². The summed E-state index contributed by atoms with van der Waals surface area (Å²) in [6, 6.07) is 4.85. The predicted octanol–water partition coefficient (Wildman–Crippen LogP) is 6.40. The number of aryl methyl sites for hydroxylation is 1. The number of rotatable bonds is 1. The fourth-order valence-electron chi connectivity index (χ4n) is 7.45. The van der Waals surface area contributed by atoms with Crippen molar-refractivity contribution in [1.29, 1.82) is 0 Å². The van der Waals surface area contributed by atoms with Crippen LogP contribution in [0.25, 0.3) is 0 Å². The number of nitrogens with zero attached hydrogens (tertiary/aromatic N) is 2. The summed E-state index contributed by atoms with van der Waals surface area (Å²) in [7, 11) is -1.54. The standard InChI is InChI=1S/C32H46N2O3Si/c1-31(2,3)37-30(36)34-17-15-33(16-18-34)28-21-26-22(20-23(28)13-19-38(5,6)7)8-9-25-24(26)12-14-32(4)27(25)10-11-29(32)35/h20-21,24-25,27H,8-12,14-18H2,1-7H3/t24-,25+,27-,32-/m0/s1. The summed E-state index contributed by atoms with van der Waals surface area (Å²) in [5.41, 5.74) is 8.39. The van der Waals surface area contributed by atoms with Crippen molar-refractivity contribution in [2.24, 2.45) is 17.3 Å². The Morgan fingerprint density at radius 2 is 1.76 bits per heavy atom. The fourth-order valence-corrected chi connectivity index (χ4v) is 7.96. The number of benzene rings is 1. The average Bonchev–Trinajstić information content (AvgIpc) is 3.15. The number of carbonyl (C=O) groups excluding carboxylic acids is 2. The number of anilines is 1. The summed E-state index contributed by atoms with van der Waals surface area (Å²) in [5.74, 6) is 5.81. The Morgan fingerprint density at radius 1 is 1.05 bits per heavy atom. The minimum atomic E-state index is -1.54. The van der Waals surface area contributed by atoms with E-state index in [1.54, 1.807) is 0 Å². The van der Waals surface area contributed by atoms with Gasteiger partial charge in [0.05, 0.1) is 5.69 Å². The molecular formula is C32H46N2O3Si. The van der Waals surface area contributed by atoms with Crippen molar-refractivity contribution >= 4 is 25.6 Å². The molecule has 1 aromatic carbocycles. The highest BCUT2D eigenvalue weighted by molar-refractivity contribution is 6.83. The maximum Gasteiger partial charge on any atom is 0.410 e. The lowest BCUT2D eigenvalue weighted by molar-refractivity contribution is -0.129. The van der Waals surface area contributed by atoms with Crippen molar-refractivity contribution in [3.05, 3.63) is 28.8 Å². The molecule has 3 fully saturated rings. The third kappa shape index (κ3) is 5.28. The SMILES string of the molecule is CC(C)(C)OC(=O)N1CCN(c2cc3c(cc2C#C[Si](C)(C)C)CC[C@@H]2[C@@H]3CC[C@]3(C)C(=O)CC[C@@H]23)CC1. The summed E-state index contributed by atoms with van der Waals surface area (Å²) in [6.07, 6.45) is 6.05. The van der Waals surface area contributed by atoms with Gasteiger partial charge in [-0.15, -0.1) is 5.54 Å². The molecule has 5 rings (SSSR count). The molecule has 0 bridgehead atoms. The Hall–Kier alpha value is -2.26. The van der Waals surface area contributed by atoms with Crippen LogP contribution in [-0.4, -0.2) is 56.6 Å². The summed E-state index contributed by atoms with van der Waals surface area (Å²) >= 11 is 0. The number of amides is 1. The molecule has 0 aromatic heterocycles. The maximum absolute atomic E-state index is 12.8. The van der Waals surface area contributed by atoms with E-state index in [4.69, 9.17) is 4.74 Å². The minimum Gasteiger partial charge on any atom is -0.444 e. The molecule has 3 aliphatic carbocycles. The van der Waals surface area contributed by atoms with Gasteiger partial charge in [0.15, 0.2) is 0 Å². The van der Waals surface area contributed by atoms with Crippen LogP contribution in [0.4, 0.5) is 10.5 Å². The molecule has 0 radical (unpaired) electrons. The number of carbonyl (C=O) groups is 2. The van der Waals surface area contributed by atoms with Gasteiger partial charge in [0.25, 0.3) is 0 Å². The van der Waals surface area contributed by atoms with E-state index in [0.29, 0.717) is 36.6 Å². The molecular weight excluding hydrogens is 488 g/mol. The molecule has 2 saturated carbocycles. The molecule has 5 nitrogen and oxygen atoms in total. The monoisotopic (exact) mass is 534 g/mol. The Morgan fingerprint density at radius 3 is 2.42 bits per heavy atom. The minimum absolute atomic E-state index is 0.0950. The van der Waals surface area contributed by atoms with E-state index >= 15 is 0 Å². The molecule has 0 N–H and O–H groups in total. The van der Waals surface area contributed by atoms with Crippen LogP contribution < -0.4 is 4.90 Å². The van der Waals surface area contributed by atoms with Crippen molar-refractivity contribution in [3.63, 3.8) is 0 Å². The number of hydrogen-bond donors (Lipinski definition) is 0. The third-order valence-electron chi connectivity index (χ3n) is 9.39. The number of ketones is 1. The van der Waals surface area contributed by atoms with Crippen molar-refractivity contribution in [1.82, 2.24) is 4.90 Å². The maximum atomic E-state index is 12.8. The van der Waals surface area contributed by atoms with Gasteiger partial charge in [-0.2, -0.15) is 0 Å². The second kappa shape index (κ2) is 9.73. The van der Waals surface area contributed by atoms with Gasteiger partial charge in [0.1, 0.15) is 19.5 Å². The molecule has 1 heterocycles. The highest BCUT2D eigenvalue weighted by Gasteiger charge is 2.54. The highest BCUT2D eigenvalue weighted by Crippen LogP contribution is 2.59. The van der Waals surface area contributed by atoms with Crippen LogP contribution in [0.15, 0.2) is 12.1 Å². The van der Waals surface area contributed by atoms with Crippen molar-refractivity contribution in [3.8, 4) is 11.5 Å². The second-order valence-electron chi connectivity index (χ2n) is 14.4. The quantitative estimate of drug-likeness (QED) is 0.309. The van der Waals surface area contributed by atoms with E-state index < -0.39 is 13.7 Å². The van der Waals surface area contributed by atoms with Crippen LogP contribution >= 0.6 is 0 Å². The number of piperazine rings is 1. The molecule has 1 saturated heterocycles. The molecule has 0 spiro atoms. The molecule has 4 atom stereocenters. The fraction of sp³-hybridized carbons (Fsp3) is 0.688. The van der Waals surface area contributed by atoms with Crippen molar-refractivity contribution in [2.45, 2.75) is 97.4 Å². The smallest absolute Gasteiger partial charge is 0.410 e. The average molecular weight is 535 g/mol. The zero-order valence-electron chi connectivity index (χ0n) is 24.6. The molecule has 6 heteroatoms. The zero-order chi connectivity index (χ0) is 27.5. The van der Waals surface area contributed by atoms with Gasteiger partial charge in [-0.05, 0) is 93.9 Å². The molecule has 1 aromatic rings. The van der Waals surface area contributed by atoms with Crippen LogP contribution in [0.5, 0.6) is 0 Å². The van der Waals surface area contributed by atoms with Crippen LogP contribution in [0.1, 0.15) is 82.4 Å². The lowest BCUT2D eigenvalue weighted by atomic mass is 9.55. The van der Waals surface area contributed by atoms with E-state index in [1.807, 2.05) is 25.7 Å². The highest BCUT2D eigenvalue weighted by atomic mass is 28.3. The first-order valence-electron chi connectivity index (χ1n) is 14.7. The number of ether oxygens (including phenoxy) is 1. The molecule has 206 valence electrons. The van der Waals surface area contributed by atoms with Gasteiger partial charge in [0, 0.05) is 43.6 Å². The van der Waals surface area contributed by atoms with Gasteiger partial charge in [-0.3, -0.25) is 4.79 Å². The molecule has 0 unspecified atom stereocenters. The predicted molar refractivity (Wildman–Crippen MR) is 156 cm³/mol. The molecule has 38 heavy (non-hydrogen) atoms. The van der Waals surface area contributed by atoms with Gasteiger partial charge >= 0.3 is 6.09 Å². The third-order valence-corrected chi connectivity index (χ3v) is 10.3. The van der Waals surface area contributed by atoms with Crippen molar-refractivity contribution in [2.75, 3.05) is 31.1 Å². The Bertz CT molecular complexity index is 1180. The first-order chi connectivity index (χ1) is 17.7. The molecule has 1 aliphatic heterocycles. The first kappa shape index (κ1) is 27.3. The Balaban J connectivity index is 1.44. The van der Waals surface area contributed by atoms with Gasteiger partial charge in [0.2, 0.25) is 0 Å².